The Morgan fingerprint density at radius 2 is 2.00 bits per heavy atom. The van der Waals surface area contributed by atoms with Crippen molar-refractivity contribution in [2.24, 2.45) is 11.7 Å². The average Bonchev–Trinajstić information content (AvgIpc) is 3.21. The molecule has 0 saturated carbocycles. The van der Waals surface area contributed by atoms with Crippen LogP contribution in [0.5, 0.6) is 0 Å². The van der Waals surface area contributed by atoms with Crippen molar-refractivity contribution in [2.75, 3.05) is 44.3 Å². The zero-order valence-electron chi connectivity index (χ0n) is 15.7. The van der Waals surface area contributed by atoms with Crippen molar-refractivity contribution >= 4 is 23.4 Å². The number of halogens is 1. The van der Waals surface area contributed by atoms with Gasteiger partial charge in [-0.05, 0) is 12.5 Å². The maximum absolute atomic E-state index is 14.9. The van der Waals surface area contributed by atoms with E-state index in [0.717, 1.165) is 6.42 Å². The predicted molar refractivity (Wildman–Crippen MR) is 107 cm³/mol. The van der Waals surface area contributed by atoms with Gasteiger partial charge in [-0.1, -0.05) is 19.6 Å². The van der Waals surface area contributed by atoms with E-state index in [1.165, 1.54) is 0 Å². The van der Waals surface area contributed by atoms with Crippen LogP contribution in [0.25, 0.3) is 0 Å². The number of nitrogens with zero attached hydrogens (tertiary/aromatic N) is 2. The number of amidine groups is 1. The zero-order valence-corrected chi connectivity index (χ0v) is 15.7. The zero-order chi connectivity index (χ0) is 20.1. The maximum Gasteiger partial charge on any atom is 0.313 e. The Balaban J connectivity index is 0.00000300. The summed E-state index contributed by atoms with van der Waals surface area (Å²) in [6.07, 6.45) is 0.446. The van der Waals surface area contributed by atoms with Gasteiger partial charge in [0.25, 0.3) is 0 Å². The molecular weight excluding hydrogens is 379 g/mol. The van der Waals surface area contributed by atoms with Crippen LogP contribution >= 0.6 is 0 Å². The maximum atomic E-state index is 14.9. The van der Waals surface area contributed by atoms with Crippen molar-refractivity contribution in [3.05, 3.63) is 29.6 Å². The number of carbonyl (C=O) groups excluding carboxylic acids is 2. The Hall–Kier alpha value is -2.68. The highest BCUT2D eigenvalue weighted by Gasteiger charge is 2.30. The second kappa shape index (κ2) is 10.2. The topological polar surface area (TPSA) is 109 Å². The Kier molecular flexibility index (Phi) is 7.95. The van der Waals surface area contributed by atoms with Crippen LogP contribution in [0.4, 0.5) is 10.1 Å². The van der Waals surface area contributed by atoms with E-state index in [4.69, 9.17) is 20.6 Å². The third-order valence-corrected chi connectivity index (χ3v) is 4.99. The predicted octanol–water partition coefficient (Wildman–Crippen LogP) is 1.52. The first-order chi connectivity index (χ1) is 13.5. The van der Waals surface area contributed by atoms with Crippen LogP contribution in [0, 0.1) is 17.1 Å². The molecule has 0 aromatic heterocycles. The van der Waals surface area contributed by atoms with Gasteiger partial charge in [0.2, 0.25) is 5.91 Å². The summed E-state index contributed by atoms with van der Waals surface area (Å²) in [6.45, 7) is 3.03. The normalized spacial score (nSPS) is 18.9. The van der Waals surface area contributed by atoms with E-state index in [1.807, 2.05) is 9.80 Å². The quantitative estimate of drug-likeness (QED) is 0.420. The van der Waals surface area contributed by atoms with Crippen molar-refractivity contribution < 1.29 is 23.5 Å². The van der Waals surface area contributed by atoms with Gasteiger partial charge in [0.1, 0.15) is 18.9 Å². The molecule has 1 aromatic carbocycles. The summed E-state index contributed by atoms with van der Waals surface area (Å²) >= 11 is 0. The molecule has 1 aromatic rings. The summed E-state index contributed by atoms with van der Waals surface area (Å²) in [5.74, 6) is -1.35. The molecule has 2 aliphatic rings. The lowest BCUT2D eigenvalue weighted by Crippen LogP contribution is -2.50. The average molecular weight is 408 g/mol. The molecule has 0 radical (unpaired) electrons. The molecule has 3 rings (SSSR count). The van der Waals surface area contributed by atoms with Gasteiger partial charge in [0.05, 0.1) is 18.2 Å². The van der Waals surface area contributed by atoms with Crippen LogP contribution < -0.4 is 10.6 Å². The molecule has 29 heavy (non-hydrogen) atoms. The molecule has 3 N–H and O–H groups in total. The molecule has 2 saturated heterocycles. The lowest BCUT2D eigenvalue weighted by molar-refractivity contribution is -0.143. The Bertz CT molecular complexity index is 744. The second-order valence-electron chi connectivity index (χ2n) is 6.99. The van der Waals surface area contributed by atoms with Crippen molar-refractivity contribution in [1.82, 2.24) is 4.90 Å². The first kappa shape index (κ1) is 22.6. The molecule has 2 fully saturated rings. The lowest BCUT2D eigenvalue weighted by Gasteiger charge is -2.37. The van der Waals surface area contributed by atoms with Crippen molar-refractivity contribution in [1.29, 1.82) is 5.41 Å². The minimum Gasteiger partial charge on any atom is -0.460 e. The number of hydrogen-bond donors (Lipinski definition) is 2. The lowest BCUT2D eigenvalue weighted by atomic mass is 10.1. The molecule has 1 atom stereocenters. The van der Waals surface area contributed by atoms with E-state index in [2.05, 4.69) is 0 Å². The number of hydrogen-bond acceptors (Lipinski definition) is 6. The van der Waals surface area contributed by atoms with E-state index < -0.39 is 11.8 Å². The number of rotatable bonds is 6. The molecule has 8 nitrogen and oxygen atoms in total. The van der Waals surface area contributed by atoms with Gasteiger partial charge in [-0.15, -0.1) is 0 Å². The smallest absolute Gasteiger partial charge is 0.313 e. The van der Waals surface area contributed by atoms with Gasteiger partial charge >= 0.3 is 5.97 Å². The molecule has 0 aliphatic carbocycles. The molecule has 1 unspecified atom stereocenters. The fourth-order valence-corrected chi connectivity index (χ4v) is 3.44. The van der Waals surface area contributed by atoms with Gasteiger partial charge in [-0.2, -0.15) is 0 Å². The standard InChI is InChI=1S/C19H25FN4O4.CH4/c20-18-13(12-28-17(25)10-16(21)22)2-1-3-15(18)23-5-7-24(8-6-23)19(26)14-4-9-27-11-14;/h1-3,14H,4-12H2,(H3,21,22);1H4. The van der Waals surface area contributed by atoms with Crippen molar-refractivity contribution in [3.8, 4) is 0 Å². The molecule has 1 amide bonds. The van der Waals surface area contributed by atoms with Gasteiger partial charge in [0, 0.05) is 38.3 Å². The first-order valence-corrected chi connectivity index (χ1v) is 9.33. The number of nitrogens with two attached hydrogens (primary N) is 1. The summed E-state index contributed by atoms with van der Waals surface area (Å²) in [4.78, 5) is 27.7. The third kappa shape index (κ3) is 5.66. The molecule has 0 spiro atoms. The first-order valence-electron chi connectivity index (χ1n) is 9.33. The van der Waals surface area contributed by atoms with E-state index in [0.29, 0.717) is 45.1 Å². The van der Waals surface area contributed by atoms with Gasteiger partial charge < -0.3 is 25.0 Å². The van der Waals surface area contributed by atoms with Crippen molar-refractivity contribution in [3.63, 3.8) is 0 Å². The summed E-state index contributed by atoms with van der Waals surface area (Å²) < 4.78 is 25.1. The number of anilines is 1. The minimum absolute atomic E-state index is 0. The van der Waals surface area contributed by atoms with Gasteiger partial charge in [-0.3, -0.25) is 15.0 Å². The Labute approximate surface area is 170 Å². The van der Waals surface area contributed by atoms with Crippen LogP contribution in [0.3, 0.4) is 0 Å². The number of nitrogens with one attached hydrogen (secondary N) is 1. The number of esters is 1. The van der Waals surface area contributed by atoms with Gasteiger partial charge in [-0.25, -0.2) is 4.39 Å². The summed E-state index contributed by atoms with van der Waals surface area (Å²) in [6, 6.07) is 4.94. The highest BCUT2D eigenvalue weighted by atomic mass is 19.1. The number of ether oxygens (including phenoxy) is 2. The summed E-state index contributed by atoms with van der Waals surface area (Å²) in [5, 5.41) is 7.08. The third-order valence-electron chi connectivity index (χ3n) is 4.99. The highest BCUT2D eigenvalue weighted by Crippen LogP contribution is 2.25. The highest BCUT2D eigenvalue weighted by molar-refractivity contribution is 5.94. The largest absolute Gasteiger partial charge is 0.460 e. The molecule has 0 bridgehead atoms. The van der Waals surface area contributed by atoms with Crippen LogP contribution in [-0.2, 0) is 25.7 Å². The second-order valence-corrected chi connectivity index (χ2v) is 6.99. The fourth-order valence-electron chi connectivity index (χ4n) is 3.44. The van der Waals surface area contributed by atoms with E-state index >= 15 is 0 Å². The number of piperazine rings is 1. The summed E-state index contributed by atoms with van der Waals surface area (Å²) in [5.41, 5.74) is 5.84. The van der Waals surface area contributed by atoms with Gasteiger partial charge in [0.15, 0.2) is 5.82 Å². The van der Waals surface area contributed by atoms with E-state index in [1.54, 1.807) is 18.2 Å². The van der Waals surface area contributed by atoms with Crippen LogP contribution in [0.2, 0.25) is 0 Å². The molecule has 160 valence electrons. The fraction of sp³-hybridized carbons (Fsp3) is 0.550. The SMILES string of the molecule is C.N=C(N)CC(=O)OCc1cccc(N2CCN(C(=O)C3CCOC3)CC2)c1F. The van der Waals surface area contributed by atoms with E-state index in [-0.39, 0.29) is 43.7 Å². The molecule has 2 aliphatic heterocycles. The van der Waals surface area contributed by atoms with Crippen LogP contribution in [-0.4, -0.2) is 62.0 Å². The molecular formula is C20H29FN4O4. The van der Waals surface area contributed by atoms with E-state index in [9.17, 15) is 14.0 Å². The minimum atomic E-state index is -0.666. The summed E-state index contributed by atoms with van der Waals surface area (Å²) in [7, 11) is 0. The number of amides is 1. The number of carbonyl (C=O) groups is 2. The molecule has 2 heterocycles. The van der Waals surface area contributed by atoms with Crippen LogP contribution in [0.1, 0.15) is 25.8 Å². The molecule has 9 heteroatoms. The van der Waals surface area contributed by atoms with Crippen molar-refractivity contribution in [2.45, 2.75) is 26.9 Å². The monoisotopic (exact) mass is 408 g/mol. The Morgan fingerprint density at radius 3 is 2.62 bits per heavy atom. The Morgan fingerprint density at radius 1 is 1.28 bits per heavy atom. The van der Waals surface area contributed by atoms with Crippen LogP contribution in [0.15, 0.2) is 18.2 Å². The number of benzene rings is 1.